The van der Waals surface area contributed by atoms with Gasteiger partial charge in [-0.1, -0.05) is 30.3 Å². The highest BCUT2D eigenvalue weighted by atomic mass is 32.2. The van der Waals surface area contributed by atoms with Gasteiger partial charge in [0.25, 0.3) is 5.89 Å². The number of amides is 1. The largest absolute Gasteiger partial charge is 0.455 e. The van der Waals surface area contributed by atoms with E-state index in [1.54, 1.807) is 0 Å². The summed E-state index contributed by atoms with van der Waals surface area (Å²) in [5, 5.41) is 10.6. The molecule has 0 saturated heterocycles. The van der Waals surface area contributed by atoms with Crippen molar-refractivity contribution in [2.45, 2.75) is 13.5 Å². The van der Waals surface area contributed by atoms with Gasteiger partial charge in [0.15, 0.2) is 6.61 Å². The molecule has 2 aromatic carbocycles. The van der Waals surface area contributed by atoms with Gasteiger partial charge in [0.1, 0.15) is 0 Å². The number of aryl methyl sites for hydroxylation is 1. The topological polar surface area (TPSA) is 94.3 Å². The maximum Gasteiger partial charge on any atom is 0.316 e. The number of thioether (sulfide) groups is 1. The Bertz CT molecular complexity index is 943. The molecule has 0 saturated carbocycles. The number of benzene rings is 2. The van der Waals surface area contributed by atoms with Crippen LogP contribution in [0.2, 0.25) is 0 Å². The number of esters is 1. The third kappa shape index (κ3) is 5.95. The third-order valence-electron chi connectivity index (χ3n) is 3.60. The Hall–Kier alpha value is -3.13. The summed E-state index contributed by atoms with van der Waals surface area (Å²) in [6.07, 6.45) is 0. The average Bonchev–Trinajstić information content (AvgIpc) is 3.16. The van der Waals surface area contributed by atoms with Gasteiger partial charge in [0, 0.05) is 11.3 Å². The molecule has 8 heteroatoms. The van der Waals surface area contributed by atoms with E-state index in [1.165, 1.54) is 11.8 Å². The van der Waals surface area contributed by atoms with E-state index in [2.05, 4.69) is 15.5 Å². The molecule has 1 aromatic heterocycles. The standard InChI is InChI=1S/C20H19N3O4S/c1-14-6-5-9-16(10-14)21-17(24)12-28-13-19(25)26-11-18-22-23-20(27-18)15-7-3-2-4-8-15/h2-10H,11-13H2,1H3,(H,21,24). The maximum absolute atomic E-state index is 11.9. The van der Waals surface area contributed by atoms with Crippen LogP contribution in [0.3, 0.4) is 0 Å². The summed E-state index contributed by atoms with van der Waals surface area (Å²) < 4.78 is 10.6. The van der Waals surface area contributed by atoms with E-state index >= 15 is 0 Å². The van der Waals surface area contributed by atoms with Gasteiger partial charge < -0.3 is 14.5 Å². The molecular formula is C20H19N3O4S. The highest BCUT2D eigenvalue weighted by Crippen LogP contribution is 2.17. The van der Waals surface area contributed by atoms with Crippen LogP contribution >= 0.6 is 11.8 Å². The monoisotopic (exact) mass is 397 g/mol. The van der Waals surface area contributed by atoms with Crippen molar-refractivity contribution in [3.05, 3.63) is 66.1 Å². The van der Waals surface area contributed by atoms with Gasteiger partial charge in [0.05, 0.1) is 11.5 Å². The highest BCUT2D eigenvalue weighted by Gasteiger charge is 2.12. The summed E-state index contributed by atoms with van der Waals surface area (Å²) in [7, 11) is 0. The summed E-state index contributed by atoms with van der Waals surface area (Å²) in [5.41, 5.74) is 2.59. The zero-order valence-corrected chi connectivity index (χ0v) is 16.1. The minimum atomic E-state index is -0.451. The SMILES string of the molecule is Cc1cccc(NC(=O)CSCC(=O)OCc2nnc(-c3ccccc3)o2)c1. The van der Waals surface area contributed by atoms with E-state index in [-0.39, 0.29) is 29.9 Å². The van der Waals surface area contributed by atoms with Crippen LogP contribution in [0.4, 0.5) is 5.69 Å². The quantitative estimate of drug-likeness (QED) is 0.582. The lowest BCUT2D eigenvalue weighted by molar-refractivity contribution is -0.142. The Balaban J connectivity index is 1.37. The van der Waals surface area contributed by atoms with Crippen molar-refractivity contribution in [2.24, 2.45) is 0 Å². The predicted molar refractivity (Wildman–Crippen MR) is 107 cm³/mol. The van der Waals surface area contributed by atoms with Crippen molar-refractivity contribution in [1.82, 2.24) is 10.2 Å². The summed E-state index contributed by atoms with van der Waals surface area (Å²) in [6, 6.07) is 16.8. The zero-order chi connectivity index (χ0) is 19.8. The van der Waals surface area contributed by atoms with Crippen molar-refractivity contribution in [3.8, 4) is 11.5 Å². The Kier molecular flexibility index (Phi) is 6.80. The van der Waals surface area contributed by atoms with Crippen LogP contribution in [-0.4, -0.2) is 33.6 Å². The summed E-state index contributed by atoms with van der Waals surface area (Å²) in [4.78, 5) is 23.7. The predicted octanol–water partition coefficient (Wildman–Crippen LogP) is 3.46. The van der Waals surface area contributed by atoms with Gasteiger partial charge in [-0.25, -0.2) is 0 Å². The fourth-order valence-electron chi connectivity index (χ4n) is 2.34. The molecule has 28 heavy (non-hydrogen) atoms. The first kappa shape index (κ1) is 19.6. The van der Waals surface area contributed by atoms with E-state index in [1.807, 2.05) is 61.5 Å². The molecule has 3 rings (SSSR count). The Morgan fingerprint density at radius 1 is 1.07 bits per heavy atom. The molecule has 1 amide bonds. The molecule has 0 aliphatic rings. The van der Waals surface area contributed by atoms with Crippen LogP contribution in [0, 0.1) is 6.92 Å². The van der Waals surface area contributed by atoms with Crippen LogP contribution in [0.5, 0.6) is 0 Å². The van der Waals surface area contributed by atoms with Crippen LogP contribution in [0.1, 0.15) is 11.5 Å². The minimum Gasteiger partial charge on any atom is -0.455 e. The second-order valence-electron chi connectivity index (χ2n) is 5.94. The number of nitrogens with zero attached hydrogens (tertiary/aromatic N) is 2. The molecular weight excluding hydrogens is 378 g/mol. The number of ether oxygens (including phenoxy) is 1. The smallest absolute Gasteiger partial charge is 0.316 e. The molecule has 0 aliphatic heterocycles. The van der Waals surface area contributed by atoms with Gasteiger partial charge in [-0.15, -0.1) is 22.0 Å². The minimum absolute atomic E-state index is 0.0565. The number of nitrogens with one attached hydrogen (secondary N) is 1. The van der Waals surface area contributed by atoms with Crippen LogP contribution in [0.25, 0.3) is 11.5 Å². The first-order valence-electron chi connectivity index (χ1n) is 8.58. The summed E-state index contributed by atoms with van der Waals surface area (Å²) in [6.45, 7) is 1.85. The Labute approximate surface area is 166 Å². The van der Waals surface area contributed by atoms with Crippen molar-refractivity contribution < 1.29 is 18.7 Å². The van der Waals surface area contributed by atoms with Gasteiger partial charge in [-0.05, 0) is 36.8 Å². The van der Waals surface area contributed by atoms with Crippen molar-refractivity contribution in [1.29, 1.82) is 0 Å². The fraction of sp³-hybridized carbons (Fsp3) is 0.200. The molecule has 0 unspecified atom stereocenters. The Morgan fingerprint density at radius 3 is 2.68 bits per heavy atom. The number of carbonyl (C=O) groups is 2. The van der Waals surface area contributed by atoms with E-state index < -0.39 is 5.97 Å². The molecule has 0 fully saturated rings. The number of hydrogen-bond acceptors (Lipinski definition) is 7. The van der Waals surface area contributed by atoms with Crippen molar-refractivity contribution in [2.75, 3.05) is 16.8 Å². The first-order valence-corrected chi connectivity index (χ1v) is 9.73. The Morgan fingerprint density at radius 2 is 1.89 bits per heavy atom. The second kappa shape index (κ2) is 9.70. The highest BCUT2D eigenvalue weighted by molar-refractivity contribution is 8.00. The second-order valence-corrected chi connectivity index (χ2v) is 6.92. The molecule has 0 bridgehead atoms. The molecule has 144 valence electrons. The first-order chi connectivity index (χ1) is 13.6. The van der Waals surface area contributed by atoms with Gasteiger partial charge >= 0.3 is 5.97 Å². The van der Waals surface area contributed by atoms with Crippen molar-refractivity contribution in [3.63, 3.8) is 0 Å². The van der Waals surface area contributed by atoms with Crippen LogP contribution in [0.15, 0.2) is 59.0 Å². The van der Waals surface area contributed by atoms with E-state index in [9.17, 15) is 9.59 Å². The number of rotatable bonds is 8. The molecule has 1 heterocycles. The lowest BCUT2D eigenvalue weighted by Gasteiger charge is -2.06. The normalized spacial score (nSPS) is 10.5. The average molecular weight is 397 g/mol. The molecule has 3 aromatic rings. The maximum atomic E-state index is 11.9. The van der Waals surface area contributed by atoms with Gasteiger partial charge in [0.2, 0.25) is 11.8 Å². The lowest BCUT2D eigenvalue weighted by atomic mass is 10.2. The molecule has 0 atom stereocenters. The molecule has 1 N–H and O–H groups in total. The van der Waals surface area contributed by atoms with Gasteiger partial charge in [-0.3, -0.25) is 9.59 Å². The van der Waals surface area contributed by atoms with Crippen molar-refractivity contribution >= 4 is 29.3 Å². The number of hydrogen-bond donors (Lipinski definition) is 1. The molecule has 0 spiro atoms. The zero-order valence-electron chi connectivity index (χ0n) is 15.3. The summed E-state index contributed by atoms with van der Waals surface area (Å²) in [5.74, 6) is 0.173. The van der Waals surface area contributed by atoms with E-state index in [4.69, 9.17) is 9.15 Å². The molecule has 7 nitrogen and oxygen atoms in total. The summed E-state index contributed by atoms with van der Waals surface area (Å²) >= 11 is 1.18. The number of anilines is 1. The van der Waals surface area contributed by atoms with Crippen LogP contribution in [-0.2, 0) is 20.9 Å². The van der Waals surface area contributed by atoms with Gasteiger partial charge in [-0.2, -0.15) is 0 Å². The lowest BCUT2D eigenvalue weighted by Crippen LogP contribution is -2.16. The third-order valence-corrected chi connectivity index (χ3v) is 4.51. The molecule has 0 aliphatic carbocycles. The number of carbonyl (C=O) groups excluding carboxylic acids is 2. The van der Waals surface area contributed by atoms with E-state index in [0.717, 1.165) is 16.8 Å². The van der Waals surface area contributed by atoms with E-state index in [0.29, 0.717) is 5.89 Å². The van der Waals surface area contributed by atoms with Crippen LogP contribution < -0.4 is 5.32 Å². The fourth-order valence-corrected chi connectivity index (χ4v) is 2.95. The number of aromatic nitrogens is 2. The molecule has 0 radical (unpaired) electrons.